The molecule has 7 heteroatoms. The zero-order valence-corrected chi connectivity index (χ0v) is 36.6. The van der Waals surface area contributed by atoms with E-state index >= 15 is 0 Å². The maximum absolute atomic E-state index is 11.5. The Bertz CT molecular complexity index is 3180. The van der Waals surface area contributed by atoms with Crippen LogP contribution in [0.3, 0.4) is 0 Å². The molecule has 0 bridgehead atoms. The number of rotatable bonds is 3. The van der Waals surface area contributed by atoms with Crippen molar-refractivity contribution in [2.24, 2.45) is 10.8 Å². The molecule has 0 saturated carbocycles. The largest absolute Gasteiger partial charge is 0.512 e. The number of carbonyl (C=O) groups excluding carboxylic acids is 1. The molecule has 0 aliphatic rings. The van der Waals surface area contributed by atoms with Crippen LogP contribution >= 0.6 is 0 Å². The summed E-state index contributed by atoms with van der Waals surface area (Å²) in [5, 5.41) is 47.7. The Morgan fingerprint density at radius 3 is 1.38 bits per heavy atom. The number of benzene rings is 10. The first kappa shape index (κ1) is 39.1. The molecular formula is C53H41IrN4O2-. The molecule has 11 rings (SSSR count). The monoisotopic (exact) mass is 958 g/mol. The molecule has 6 nitrogen and oxygen atoms in total. The average Bonchev–Trinajstić information content (AvgIpc) is 3.24. The fourth-order valence-electron chi connectivity index (χ4n) is 8.59. The molecule has 0 atom stereocenters. The van der Waals surface area contributed by atoms with E-state index in [1.165, 1.54) is 81.5 Å². The molecule has 0 saturated heterocycles. The summed E-state index contributed by atoms with van der Waals surface area (Å²) in [4.78, 5) is 11.5. The van der Waals surface area contributed by atoms with Gasteiger partial charge in [-0.2, -0.15) is 10.2 Å². The van der Waals surface area contributed by atoms with Crippen molar-refractivity contribution >= 4 is 92.0 Å². The van der Waals surface area contributed by atoms with Crippen molar-refractivity contribution in [1.29, 1.82) is 0 Å². The van der Waals surface area contributed by atoms with Gasteiger partial charge in [-0.1, -0.05) is 184 Å². The van der Waals surface area contributed by atoms with Gasteiger partial charge in [-0.15, -0.1) is 22.3 Å². The summed E-state index contributed by atoms with van der Waals surface area (Å²) in [7, 11) is 0. The summed E-state index contributed by atoms with van der Waals surface area (Å²) in [6.45, 7) is 11.1. The summed E-state index contributed by atoms with van der Waals surface area (Å²) in [6, 6.07) is 49.0. The van der Waals surface area contributed by atoms with E-state index in [0.29, 0.717) is 11.6 Å². The maximum Gasteiger partial charge on any atom is 0.202 e. The molecule has 295 valence electrons. The molecule has 60 heavy (non-hydrogen) atoms. The molecule has 11 aromatic rings. The average molecular weight is 958 g/mol. The third kappa shape index (κ3) is 6.23. The van der Waals surface area contributed by atoms with Gasteiger partial charge in [0.25, 0.3) is 0 Å². The van der Waals surface area contributed by atoms with Crippen LogP contribution in [0, 0.1) is 16.9 Å². The minimum absolute atomic E-state index is 0. The van der Waals surface area contributed by atoms with Crippen molar-refractivity contribution in [2.75, 3.05) is 0 Å². The predicted molar refractivity (Wildman–Crippen MR) is 244 cm³/mol. The van der Waals surface area contributed by atoms with Crippen LogP contribution in [0.2, 0.25) is 0 Å². The molecule has 0 unspecified atom stereocenters. The van der Waals surface area contributed by atoms with Gasteiger partial charge in [0.05, 0.1) is 0 Å². The first-order valence-corrected chi connectivity index (χ1v) is 20.0. The number of aromatic nitrogens is 4. The molecule has 0 aliphatic carbocycles. The van der Waals surface area contributed by atoms with Gasteiger partial charge in [-0.3, -0.25) is 4.79 Å². The van der Waals surface area contributed by atoms with Crippen LogP contribution < -0.4 is 0 Å². The SMILES string of the molecule is CC(C)(C)C(=O)/C=C(\O)C(C)(C)C.[Ir].[c-]1cc2c3cccc4cccc(c5cccc(c1-c1nnc(-c6ccc7c8cccc9cccc(c%10cccc6c%107)c98)nn1)c25)c43. The van der Waals surface area contributed by atoms with Crippen LogP contribution in [-0.2, 0) is 24.9 Å². The Balaban J connectivity index is 0.000000289. The van der Waals surface area contributed by atoms with Crippen LogP contribution in [0.4, 0.5) is 0 Å². The molecular weight excluding hydrogens is 917 g/mol. The van der Waals surface area contributed by atoms with Crippen molar-refractivity contribution in [1.82, 2.24) is 20.4 Å². The van der Waals surface area contributed by atoms with Gasteiger partial charge in [-0.25, -0.2) is 0 Å². The number of hydrogen-bond donors (Lipinski definition) is 1. The second-order valence-corrected chi connectivity index (χ2v) is 17.6. The number of carbonyl (C=O) groups is 1. The molecule has 1 heterocycles. The van der Waals surface area contributed by atoms with Gasteiger partial charge in [0.15, 0.2) is 5.78 Å². The Morgan fingerprint density at radius 1 is 0.483 bits per heavy atom. The fourth-order valence-corrected chi connectivity index (χ4v) is 8.59. The minimum Gasteiger partial charge on any atom is -0.512 e. The third-order valence-corrected chi connectivity index (χ3v) is 11.7. The fraction of sp³-hybridized carbons (Fsp3) is 0.151. The van der Waals surface area contributed by atoms with Crippen molar-refractivity contribution in [2.45, 2.75) is 41.5 Å². The van der Waals surface area contributed by atoms with E-state index in [0.717, 1.165) is 21.9 Å². The standard InChI is InChI=1S/C42H21N4.C11H20O2.Ir/c1-7-23-9-3-13-27-33-19-21-35(31-17-5-15-29(39(31)33)25(11-1)37(23)27)41-43-45-42(46-44-41)36-22-20-34-28-14-4-10-24-8-2-12-26(38(24)28)30-16-6-18-32(36)40(30)34;1-10(2,3)8(12)7-9(13)11(4,5)6;/h1-21H;7,12H,1-6H3;/q-1;;/b;8-7-;. The van der Waals surface area contributed by atoms with E-state index in [1.54, 1.807) is 0 Å². The summed E-state index contributed by atoms with van der Waals surface area (Å²) >= 11 is 0. The number of aliphatic hydroxyl groups is 1. The molecule has 0 fully saturated rings. The van der Waals surface area contributed by atoms with Crippen molar-refractivity contribution in [3.05, 3.63) is 145 Å². The summed E-state index contributed by atoms with van der Waals surface area (Å²) in [5.41, 5.74) is 0.963. The summed E-state index contributed by atoms with van der Waals surface area (Å²) in [5.74, 6) is 1.08. The number of nitrogens with zero attached hydrogens (tertiary/aromatic N) is 4. The van der Waals surface area contributed by atoms with Gasteiger partial charge in [0.1, 0.15) is 11.6 Å². The van der Waals surface area contributed by atoms with Gasteiger partial charge in [-0.05, 0) is 70.7 Å². The molecule has 1 N–H and O–H groups in total. The summed E-state index contributed by atoms with van der Waals surface area (Å²) < 4.78 is 0. The molecule has 1 radical (unpaired) electrons. The normalized spacial score (nSPS) is 12.6. The Kier molecular flexibility index (Phi) is 9.38. The van der Waals surface area contributed by atoms with Gasteiger partial charge < -0.3 is 5.11 Å². The van der Waals surface area contributed by atoms with Crippen molar-refractivity contribution < 1.29 is 30.0 Å². The van der Waals surface area contributed by atoms with E-state index in [-0.39, 0.29) is 37.1 Å². The van der Waals surface area contributed by atoms with Gasteiger partial charge in [0, 0.05) is 42.6 Å². The third-order valence-electron chi connectivity index (χ3n) is 11.7. The Hall–Kier alpha value is -6.40. The molecule has 10 aromatic carbocycles. The second-order valence-electron chi connectivity index (χ2n) is 17.6. The van der Waals surface area contributed by atoms with Gasteiger partial charge in [0.2, 0.25) is 5.82 Å². The molecule has 1 aromatic heterocycles. The smallest absolute Gasteiger partial charge is 0.202 e. The van der Waals surface area contributed by atoms with Crippen LogP contribution in [0.15, 0.2) is 139 Å². The van der Waals surface area contributed by atoms with E-state index in [9.17, 15) is 9.90 Å². The van der Waals surface area contributed by atoms with E-state index in [4.69, 9.17) is 0 Å². The maximum atomic E-state index is 11.5. The van der Waals surface area contributed by atoms with E-state index < -0.39 is 5.41 Å². The summed E-state index contributed by atoms with van der Waals surface area (Å²) in [6.07, 6.45) is 1.33. The van der Waals surface area contributed by atoms with Crippen LogP contribution in [0.1, 0.15) is 41.5 Å². The molecule has 0 amide bonds. The van der Waals surface area contributed by atoms with Crippen LogP contribution in [0.25, 0.3) is 109 Å². The Morgan fingerprint density at radius 2 is 0.883 bits per heavy atom. The zero-order valence-electron chi connectivity index (χ0n) is 34.2. The molecule has 0 aliphatic heterocycles. The number of aliphatic hydroxyl groups excluding tert-OH is 1. The van der Waals surface area contributed by atoms with E-state index in [2.05, 4.69) is 154 Å². The van der Waals surface area contributed by atoms with Crippen LogP contribution in [0.5, 0.6) is 0 Å². The topological polar surface area (TPSA) is 88.9 Å². The van der Waals surface area contributed by atoms with Crippen molar-refractivity contribution in [3.8, 4) is 22.8 Å². The zero-order chi connectivity index (χ0) is 40.8. The van der Waals surface area contributed by atoms with E-state index in [1.807, 2.05) is 41.5 Å². The quantitative estimate of drug-likeness (QED) is 0.0624. The van der Waals surface area contributed by atoms with Crippen molar-refractivity contribution in [3.63, 3.8) is 0 Å². The Labute approximate surface area is 361 Å². The molecule has 0 spiro atoms. The second kappa shape index (κ2) is 14.4. The number of ketones is 1. The minimum atomic E-state index is -0.417. The van der Waals surface area contributed by atoms with Crippen LogP contribution in [-0.4, -0.2) is 31.3 Å². The number of allylic oxidation sites excluding steroid dienone is 2. The first-order chi connectivity index (χ1) is 28.4. The predicted octanol–water partition coefficient (Wildman–Crippen LogP) is 13.6. The van der Waals surface area contributed by atoms with Gasteiger partial charge >= 0.3 is 0 Å². The number of fused-ring (bicyclic) bond motifs is 4. The number of hydrogen-bond acceptors (Lipinski definition) is 6. The first-order valence-electron chi connectivity index (χ1n) is 20.0.